The van der Waals surface area contributed by atoms with Crippen molar-refractivity contribution in [3.05, 3.63) is 33.8 Å². The summed E-state index contributed by atoms with van der Waals surface area (Å²) in [7, 11) is 0. The Bertz CT molecular complexity index is 405. The van der Waals surface area contributed by atoms with Crippen molar-refractivity contribution in [2.45, 2.75) is 38.8 Å². The second kappa shape index (κ2) is 5.70. The number of halogens is 2. The van der Waals surface area contributed by atoms with Crippen LogP contribution in [0.5, 0.6) is 0 Å². The second-order valence-electron chi connectivity index (χ2n) is 5.68. The Morgan fingerprint density at radius 2 is 2.00 bits per heavy atom. The molecule has 1 nitrogen and oxygen atoms in total. The van der Waals surface area contributed by atoms with Gasteiger partial charge in [0.1, 0.15) is 5.67 Å². The van der Waals surface area contributed by atoms with Crippen molar-refractivity contribution in [1.82, 2.24) is 5.32 Å². The average Bonchev–Trinajstić information content (AvgIpc) is 2.28. The van der Waals surface area contributed by atoms with Crippen LogP contribution in [0.15, 0.2) is 22.7 Å². The number of benzene rings is 1. The Morgan fingerprint density at radius 1 is 1.33 bits per heavy atom. The molecule has 3 heteroatoms. The molecular formula is C15H21BrFN. The van der Waals surface area contributed by atoms with Gasteiger partial charge < -0.3 is 5.32 Å². The fourth-order valence-electron chi connectivity index (χ4n) is 2.59. The molecule has 1 aliphatic rings. The smallest absolute Gasteiger partial charge is 0.131 e. The molecule has 0 aromatic heterocycles. The standard InChI is InChI=1S/C15H21BrFN/c1-15(2,17)13-4-3-12(10-14(13)16)9-11-5-7-18-8-6-11/h3-4,10-11,18H,5-9H2,1-2H3. The molecular weight excluding hydrogens is 293 g/mol. The molecule has 2 rings (SSSR count). The average molecular weight is 314 g/mol. The van der Waals surface area contributed by atoms with Crippen LogP contribution in [0.2, 0.25) is 0 Å². The molecule has 0 saturated carbocycles. The number of hydrogen-bond acceptors (Lipinski definition) is 1. The first-order chi connectivity index (χ1) is 8.47. The number of rotatable bonds is 3. The van der Waals surface area contributed by atoms with E-state index in [1.54, 1.807) is 13.8 Å². The van der Waals surface area contributed by atoms with E-state index in [4.69, 9.17) is 0 Å². The van der Waals surface area contributed by atoms with Gasteiger partial charge in [-0.1, -0.05) is 28.1 Å². The van der Waals surface area contributed by atoms with E-state index in [2.05, 4.69) is 33.4 Å². The summed E-state index contributed by atoms with van der Waals surface area (Å²) in [5.41, 5.74) is 0.755. The summed E-state index contributed by atoms with van der Waals surface area (Å²) in [6.45, 7) is 5.45. The van der Waals surface area contributed by atoms with Crippen LogP contribution in [0.4, 0.5) is 4.39 Å². The van der Waals surface area contributed by atoms with Crippen LogP contribution >= 0.6 is 15.9 Å². The van der Waals surface area contributed by atoms with E-state index in [9.17, 15) is 4.39 Å². The fraction of sp³-hybridized carbons (Fsp3) is 0.600. The lowest BCUT2D eigenvalue weighted by molar-refractivity contribution is 0.220. The van der Waals surface area contributed by atoms with E-state index in [0.29, 0.717) is 0 Å². The second-order valence-corrected chi connectivity index (χ2v) is 6.54. The highest BCUT2D eigenvalue weighted by Crippen LogP contribution is 2.32. The fourth-order valence-corrected chi connectivity index (χ4v) is 3.48. The molecule has 1 aromatic carbocycles. The summed E-state index contributed by atoms with van der Waals surface area (Å²) in [6.07, 6.45) is 3.59. The third-order valence-electron chi connectivity index (χ3n) is 3.66. The van der Waals surface area contributed by atoms with Gasteiger partial charge in [-0.05, 0) is 63.7 Å². The van der Waals surface area contributed by atoms with Crippen LogP contribution in [0.25, 0.3) is 0 Å². The lowest BCUT2D eigenvalue weighted by atomic mass is 9.90. The van der Waals surface area contributed by atoms with Crippen LogP contribution in [0, 0.1) is 5.92 Å². The zero-order chi connectivity index (χ0) is 13.2. The van der Waals surface area contributed by atoms with E-state index < -0.39 is 5.67 Å². The Morgan fingerprint density at radius 3 is 2.56 bits per heavy atom. The number of hydrogen-bond donors (Lipinski definition) is 1. The Labute approximate surface area is 117 Å². The monoisotopic (exact) mass is 313 g/mol. The topological polar surface area (TPSA) is 12.0 Å². The van der Waals surface area contributed by atoms with Gasteiger partial charge in [-0.25, -0.2) is 4.39 Å². The first-order valence-corrected chi connectivity index (χ1v) is 7.44. The number of piperidine rings is 1. The van der Waals surface area contributed by atoms with E-state index in [1.165, 1.54) is 18.4 Å². The zero-order valence-electron chi connectivity index (χ0n) is 11.1. The van der Waals surface area contributed by atoms with Crippen molar-refractivity contribution < 1.29 is 4.39 Å². The largest absolute Gasteiger partial charge is 0.317 e. The van der Waals surface area contributed by atoms with Crippen molar-refractivity contribution in [2.75, 3.05) is 13.1 Å². The van der Waals surface area contributed by atoms with Gasteiger partial charge in [0, 0.05) is 10.0 Å². The van der Waals surface area contributed by atoms with Crippen molar-refractivity contribution in [1.29, 1.82) is 0 Å². The first kappa shape index (κ1) is 14.0. The third kappa shape index (κ3) is 3.55. The quantitative estimate of drug-likeness (QED) is 0.882. The van der Waals surface area contributed by atoms with Crippen molar-refractivity contribution >= 4 is 15.9 Å². The summed E-state index contributed by atoms with van der Waals surface area (Å²) in [6, 6.07) is 6.07. The maximum absolute atomic E-state index is 13.9. The van der Waals surface area contributed by atoms with E-state index in [1.807, 2.05) is 6.07 Å². The van der Waals surface area contributed by atoms with Gasteiger partial charge in [0.2, 0.25) is 0 Å². The molecule has 0 spiro atoms. The van der Waals surface area contributed by atoms with Crippen LogP contribution < -0.4 is 5.32 Å². The summed E-state index contributed by atoms with van der Waals surface area (Å²) in [4.78, 5) is 0. The Balaban J connectivity index is 2.08. The molecule has 0 radical (unpaired) electrons. The van der Waals surface area contributed by atoms with E-state index >= 15 is 0 Å². The molecule has 0 bridgehead atoms. The number of alkyl halides is 1. The zero-order valence-corrected chi connectivity index (χ0v) is 12.7. The normalized spacial score (nSPS) is 18.0. The van der Waals surface area contributed by atoms with E-state index in [0.717, 1.165) is 35.5 Å². The molecule has 0 unspecified atom stereocenters. The predicted octanol–water partition coefficient (Wildman–Crippen LogP) is 4.20. The van der Waals surface area contributed by atoms with Crippen LogP contribution in [-0.4, -0.2) is 13.1 Å². The predicted molar refractivity (Wildman–Crippen MR) is 77.6 cm³/mol. The van der Waals surface area contributed by atoms with Gasteiger partial charge >= 0.3 is 0 Å². The highest BCUT2D eigenvalue weighted by atomic mass is 79.9. The van der Waals surface area contributed by atoms with Gasteiger partial charge in [0.05, 0.1) is 0 Å². The maximum atomic E-state index is 13.9. The van der Waals surface area contributed by atoms with Crippen molar-refractivity contribution in [3.63, 3.8) is 0 Å². The molecule has 1 aromatic rings. The van der Waals surface area contributed by atoms with Crippen LogP contribution in [-0.2, 0) is 12.1 Å². The first-order valence-electron chi connectivity index (χ1n) is 6.65. The summed E-state index contributed by atoms with van der Waals surface area (Å²) in [5, 5.41) is 3.38. The van der Waals surface area contributed by atoms with Gasteiger partial charge in [0.25, 0.3) is 0 Å². The molecule has 100 valence electrons. The van der Waals surface area contributed by atoms with Crippen molar-refractivity contribution in [2.24, 2.45) is 5.92 Å². The molecule has 0 aliphatic carbocycles. The molecule has 0 atom stereocenters. The molecule has 0 amide bonds. The molecule has 1 heterocycles. The van der Waals surface area contributed by atoms with Crippen LogP contribution in [0.3, 0.4) is 0 Å². The summed E-state index contributed by atoms with van der Waals surface area (Å²) >= 11 is 3.50. The minimum Gasteiger partial charge on any atom is -0.317 e. The summed E-state index contributed by atoms with van der Waals surface area (Å²) < 4.78 is 14.8. The molecule has 1 saturated heterocycles. The number of nitrogens with one attached hydrogen (secondary N) is 1. The Hall–Kier alpha value is -0.410. The van der Waals surface area contributed by atoms with Gasteiger partial charge in [-0.2, -0.15) is 0 Å². The SMILES string of the molecule is CC(C)(F)c1ccc(CC2CCNCC2)cc1Br. The minimum atomic E-state index is -1.29. The van der Waals surface area contributed by atoms with Gasteiger partial charge in [0.15, 0.2) is 0 Å². The maximum Gasteiger partial charge on any atom is 0.131 e. The van der Waals surface area contributed by atoms with Crippen LogP contribution in [0.1, 0.15) is 37.8 Å². The highest BCUT2D eigenvalue weighted by molar-refractivity contribution is 9.10. The lowest BCUT2D eigenvalue weighted by Crippen LogP contribution is -2.28. The van der Waals surface area contributed by atoms with E-state index in [-0.39, 0.29) is 0 Å². The minimum absolute atomic E-state index is 0.733. The van der Waals surface area contributed by atoms with Gasteiger partial charge in [-0.3, -0.25) is 0 Å². The molecule has 1 N–H and O–H groups in total. The molecule has 1 aliphatic heterocycles. The van der Waals surface area contributed by atoms with Gasteiger partial charge in [-0.15, -0.1) is 0 Å². The molecule has 1 fully saturated rings. The Kier molecular flexibility index (Phi) is 4.44. The third-order valence-corrected chi connectivity index (χ3v) is 4.31. The molecule has 18 heavy (non-hydrogen) atoms. The lowest BCUT2D eigenvalue weighted by Gasteiger charge is -2.23. The highest BCUT2D eigenvalue weighted by Gasteiger charge is 2.22. The van der Waals surface area contributed by atoms with Crippen molar-refractivity contribution in [3.8, 4) is 0 Å². The summed E-state index contributed by atoms with van der Waals surface area (Å²) in [5.74, 6) is 0.766.